The molecule has 0 saturated carbocycles. The van der Waals surface area contributed by atoms with Gasteiger partial charge < -0.3 is 11.1 Å². The smallest absolute Gasteiger partial charge is 0.241 e. The highest BCUT2D eigenvalue weighted by Crippen LogP contribution is 2.19. The van der Waals surface area contributed by atoms with E-state index >= 15 is 0 Å². The van der Waals surface area contributed by atoms with E-state index in [-0.39, 0.29) is 42.5 Å². The molecular weight excluding hydrogens is 318 g/mol. The van der Waals surface area contributed by atoms with Crippen molar-refractivity contribution in [3.8, 4) is 0 Å². The monoisotopic (exact) mass is 339 g/mol. The number of halogens is 1. The first kappa shape index (κ1) is 19.1. The first-order valence-corrected chi connectivity index (χ1v) is 7.48. The van der Waals surface area contributed by atoms with Crippen LogP contribution in [0.3, 0.4) is 0 Å². The van der Waals surface area contributed by atoms with Gasteiger partial charge in [-0.2, -0.15) is 0 Å². The van der Waals surface area contributed by atoms with Crippen molar-refractivity contribution < 1.29 is 14.4 Å². The Morgan fingerprint density at radius 1 is 1.35 bits per heavy atom. The Balaban J connectivity index is 0.00000264. The van der Waals surface area contributed by atoms with Gasteiger partial charge in [-0.05, 0) is 30.5 Å². The molecule has 1 aromatic carbocycles. The Kier molecular flexibility index (Phi) is 7.19. The molecule has 2 unspecified atom stereocenters. The molecule has 126 valence electrons. The lowest BCUT2D eigenvalue weighted by Gasteiger charge is -2.12. The summed E-state index contributed by atoms with van der Waals surface area (Å²) < 4.78 is 0. The van der Waals surface area contributed by atoms with Crippen molar-refractivity contribution in [1.29, 1.82) is 0 Å². The van der Waals surface area contributed by atoms with Gasteiger partial charge in [0, 0.05) is 12.1 Å². The van der Waals surface area contributed by atoms with Crippen molar-refractivity contribution >= 4 is 35.8 Å². The fourth-order valence-corrected chi connectivity index (χ4v) is 2.46. The van der Waals surface area contributed by atoms with Crippen molar-refractivity contribution in [2.75, 3.05) is 5.32 Å². The van der Waals surface area contributed by atoms with E-state index in [1.807, 2.05) is 19.1 Å². The average Bonchev–Trinajstić information content (AvgIpc) is 2.79. The lowest BCUT2D eigenvalue weighted by molar-refractivity contribution is -0.125. The maximum Gasteiger partial charge on any atom is 0.241 e. The lowest BCUT2D eigenvalue weighted by atomic mass is 9.98. The number of benzene rings is 1. The van der Waals surface area contributed by atoms with Crippen molar-refractivity contribution in [2.24, 2.45) is 11.7 Å². The number of anilines is 1. The number of nitrogens with one attached hydrogen (secondary N) is 2. The van der Waals surface area contributed by atoms with E-state index in [0.29, 0.717) is 18.5 Å². The van der Waals surface area contributed by atoms with E-state index in [2.05, 4.69) is 10.6 Å². The van der Waals surface area contributed by atoms with E-state index in [0.717, 1.165) is 12.0 Å². The molecule has 4 N–H and O–H groups in total. The minimum absolute atomic E-state index is 0. The van der Waals surface area contributed by atoms with Crippen molar-refractivity contribution in [3.05, 3.63) is 29.8 Å². The van der Waals surface area contributed by atoms with Gasteiger partial charge in [0.25, 0.3) is 0 Å². The van der Waals surface area contributed by atoms with Crippen LogP contribution in [0.2, 0.25) is 0 Å². The molecule has 1 saturated heterocycles. The number of hydrogen-bond donors (Lipinski definition) is 3. The van der Waals surface area contributed by atoms with Gasteiger partial charge in [-0.15, -0.1) is 12.4 Å². The molecule has 1 heterocycles. The SMILES string of the molecule is CCCC(N)C(=O)Nc1ccc(CC2CC(=O)NC2=O)cc1.Cl. The largest absolute Gasteiger partial charge is 0.325 e. The van der Waals surface area contributed by atoms with E-state index < -0.39 is 6.04 Å². The molecule has 0 bridgehead atoms. The summed E-state index contributed by atoms with van der Waals surface area (Å²) in [5, 5.41) is 5.07. The zero-order valence-corrected chi connectivity index (χ0v) is 13.8. The van der Waals surface area contributed by atoms with Crippen LogP contribution in [0.4, 0.5) is 5.69 Å². The molecule has 7 heteroatoms. The number of hydrogen-bond acceptors (Lipinski definition) is 4. The molecule has 23 heavy (non-hydrogen) atoms. The molecule has 0 radical (unpaired) electrons. The molecule has 1 aliphatic rings. The summed E-state index contributed by atoms with van der Waals surface area (Å²) in [6.45, 7) is 1.98. The van der Waals surface area contributed by atoms with Gasteiger partial charge in [-0.3, -0.25) is 19.7 Å². The first-order valence-electron chi connectivity index (χ1n) is 7.48. The Bertz CT molecular complexity index is 574. The van der Waals surface area contributed by atoms with Crippen LogP contribution < -0.4 is 16.4 Å². The maximum absolute atomic E-state index is 11.8. The summed E-state index contributed by atoms with van der Waals surface area (Å²) in [6, 6.07) is 6.74. The van der Waals surface area contributed by atoms with Crippen LogP contribution in [0.5, 0.6) is 0 Å². The van der Waals surface area contributed by atoms with Crippen LogP contribution in [-0.4, -0.2) is 23.8 Å². The van der Waals surface area contributed by atoms with Gasteiger partial charge in [0.1, 0.15) is 0 Å². The van der Waals surface area contributed by atoms with E-state index in [1.165, 1.54) is 0 Å². The maximum atomic E-state index is 11.8. The molecule has 2 rings (SSSR count). The topological polar surface area (TPSA) is 101 Å². The molecule has 0 aromatic heterocycles. The Labute approximate surface area is 141 Å². The minimum Gasteiger partial charge on any atom is -0.325 e. The number of carbonyl (C=O) groups is 3. The summed E-state index contributed by atoms with van der Waals surface area (Å²) in [4.78, 5) is 34.5. The second-order valence-electron chi connectivity index (χ2n) is 5.60. The first-order chi connectivity index (χ1) is 10.5. The van der Waals surface area contributed by atoms with Crippen LogP contribution in [-0.2, 0) is 20.8 Å². The summed E-state index contributed by atoms with van der Waals surface area (Å²) in [5.41, 5.74) is 7.38. The third-order valence-electron chi connectivity index (χ3n) is 3.71. The Morgan fingerprint density at radius 2 is 2.00 bits per heavy atom. The molecule has 1 aromatic rings. The fourth-order valence-electron chi connectivity index (χ4n) is 2.46. The molecule has 0 spiro atoms. The molecular formula is C16H22ClN3O3. The van der Waals surface area contributed by atoms with Crippen molar-refractivity contribution in [2.45, 2.75) is 38.6 Å². The fraction of sp³-hybridized carbons (Fsp3) is 0.438. The highest BCUT2D eigenvalue weighted by molar-refractivity contribution is 6.03. The molecule has 3 amide bonds. The van der Waals surface area contributed by atoms with Gasteiger partial charge >= 0.3 is 0 Å². The predicted molar refractivity (Wildman–Crippen MR) is 90.2 cm³/mol. The minimum atomic E-state index is -0.502. The summed E-state index contributed by atoms with van der Waals surface area (Å²) in [5.74, 6) is -0.932. The highest BCUT2D eigenvalue weighted by Gasteiger charge is 2.30. The number of nitrogens with two attached hydrogens (primary N) is 1. The third kappa shape index (κ3) is 5.33. The third-order valence-corrected chi connectivity index (χ3v) is 3.71. The van der Waals surface area contributed by atoms with E-state index in [1.54, 1.807) is 12.1 Å². The molecule has 2 atom stereocenters. The van der Waals surface area contributed by atoms with Gasteiger partial charge in [0.05, 0.1) is 12.0 Å². The van der Waals surface area contributed by atoms with E-state index in [4.69, 9.17) is 5.73 Å². The van der Waals surface area contributed by atoms with Crippen molar-refractivity contribution in [1.82, 2.24) is 5.32 Å². The van der Waals surface area contributed by atoms with Gasteiger partial charge in [-0.1, -0.05) is 25.5 Å². The predicted octanol–water partition coefficient (Wildman–Crippen LogP) is 1.38. The number of imide groups is 1. The molecule has 0 aliphatic carbocycles. The van der Waals surface area contributed by atoms with Crippen LogP contribution in [0.1, 0.15) is 31.7 Å². The number of carbonyl (C=O) groups excluding carboxylic acids is 3. The normalized spacial score (nSPS) is 18.1. The van der Waals surface area contributed by atoms with Gasteiger partial charge in [0.2, 0.25) is 17.7 Å². The zero-order chi connectivity index (χ0) is 16.1. The van der Waals surface area contributed by atoms with Crippen LogP contribution in [0, 0.1) is 5.92 Å². The van der Waals surface area contributed by atoms with E-state index in [9.17, 15) is 14.4 Å². The molecule has 1 aliphatic heterocycles. The summed E-state index contributed by atoms with van der Waals surface area (Å²) in [7, 11) is 0. The Hall–Kier alpha value is -1.92. The zero-order valence-electron chi connectivity index (χ0n) is 13.0. The summed E-state index contributed by atoms with van der Waals surface area (Å²) in [6.07, 6.45) is 2.26. The van der Waals surface area contributed by atoms with Crippen LogP contribution >= 0.6 is 12.4 Å². The Morgan fingerprint density at radius 3 is 2.52 bits per heavy atom. The number of amides is 3. The van der Waals surface area contributed by atoms with Crippen LogP contribution in [0.15, 0.2) is 24.3 Å². The van der Waals surface area contributed by atoms with Gasteiger partial charge in [0.15, 0.2) is 0 Å². The second kappa shape index (κ2) is 8.64. The summed E-state index contributed by atoms with van der Waals surface area (Å²) >= 11 is 0. The second-order valence-corrected chi connectivity index (χ2v) is 5.60. The van der Waals surface area contributed by atoms with Crippen molar-refractivity contribution in [3.63, 3.8) is 0 Å². The standard InChI is InChI=1S/C16H21N3O3.ClH/c1-2-3-13(17)16(22)18-12-6-4-10(5-7-12)8-11-9-14(20)19-15(11)21;/h4-7,11,13H,2-3,8-9,17H2,1H3,(H,18,22)(H,19,20,21);1H. The highest BCUT2D eigenvalue weighted by atomic mass is 35.5. The number of rotatable bonds is 6. The molecule has 1 fully saturated rings. The molecule has 6 nitrogen and oxygen atoms in total. The lowest BCUT2D eigenvalue weighted by Crippen LogP contribution is -2.35. The average molecular weight is 340 g/mol. The quantitative estimate of drug-likeness (QED) is 0.681. The van der Waals surface area contributed by atoms with Crippen LogP contribution in [0.25, 0.3) is 0 Å². The van der Waals surface area contributed by atoms with Gasteiger partial charge in [-0.25, -0.2) is 0 Å².